The molecule has 2 atom stereocenters. The first-order chi connectivity index (χ1) is 9.55. The SMILES string of the molecule is FC(F)(F)c1ccccc1CNC1CCOC1C1CC1. The molecular formula is C15H18F3NO. The molecule has 1 saturated heterocycles. The van der Waals surface area contributed by atoms with Crippen molar-refractivity contribution in [2.24, 2.45) is 5.92 Å². The third-order valence-electron chi connectivity index (χ3n) is 4.10. The van der Waals surface area contributed by atoms with Crippen molar-refractivity contribution in [1.29, 1.82) is 0 Å². The molecule has 2 nitrogen and oxygen atoms in total. The number of halogens is 3. The first-order valence-corrected chi connectivity index (χ1v) is 7.06. The predicted octanol–water partition coefficient (Wildman–Crippen LogP) is 3.36. The van der Waals surface area contributed by atoms with Crippen LogP contribution in [0.1, 0.15) is 30.4 Å². The maximum Gasteiger partial charge on any atom is 0.416 e. The predicted molar refractivity (Wildman–Crippen MR) is 69.2 cm³/mol. The molecule has 1 aliphatic carbocycles. The first-order valence-electron chi connectivity index (χ1n) is 7.06. The third kappa shape index (κ3) is 2.99. The molecule has 2 fully saturated rings. The second-order valence-electron chi connectivity index (χ2n) is 5.60. The lowest BCUT2D eigenvalue weighted by molar-refractivity contribution is -0.138. The number of hydrogen-bond donors (Lipinski definition) is 1. The van der Waals surface area contributed by atoms with Gasteiger partial charge in [0.1, 0.15) is 0 Å². The highest BCUT2D eigenvalue weighted by Gasteiger charge is 2.40. The van der Waals surface area contributed by atoms with E-state index in [9.17, 15) is 13.2 Å². The minimum Gasteiger partial charge on any atom is -0.376 e. The Hall–Kier alpha value is -1.07. The Kier molecular flexibility index (Phi) is 3.73. The zero-order chi connectivity index (χ0) is 14.2. The Morgan fingerprint density at radius 3 is 2.60 bits per heavy atom. The van der Waals surface area contributed by atoms with Gasteiger partial charge in [-0.2, -0.15) is 13.2 Å². The van der Waals surface area contributed by atoms with Gasteiger partial charge in [0.15, 0.2) is 0 Å². The van der Waals surface area contributed by atoms with Crippen LogP contribution in [0.4, 0.5) is 13.2 Å². The van der Waals surface area contributed by atoms with Crippen LogP contribution < -0.4 is 5.32 Å². The zero-order valence-electron chi connectivity index (χ0n) is 11.1. The number of rotatable bonds is 4. The van der Waals surface area contributed by atoms with Crippen molar-refractivity contribution >= 4 is 0 Å². The van der Waals surface area contributed by atoms with Crippen LogP contribution in [0.5, 0.6) is 0 Å². The fourth-order valence-electron chi connectivity index (χ4n) is 2.91. The van der Waals surface area contributed by atoms with E-state index in [1.807, 2.05) is 0 Å². The molecule has 1 saturated carbocycles. The van der Waals surface area contributed by atoms with Gasteiger partial charge in [-0.1, -0.05) is 18.2 Å². The van der Waals surface area contributed by atoms with Gasteiger partial charge in [0, 0.05) is 19.2 Å². The summed E-state index contributed by atoms with van der Waals surface area (Å²) in [6.07, 6.45) is -0.854. The highest BCUT2D eigenvalue weighted by Crippen LogP contribution is 2.39. The van der Waals surface area contributed by atoms with Gasteiger partial charge < -0.3 is 10.1 Å². The van der Waals surface area contributed by atoms with E-state index < -0.39 is 11.7 Å². The quantitative estimate of drug-likeness (QED) is 0.916. The van der Waals surface area contributed by atoms with Crippen LogP contribution in [-0.4, -0.2) is 18.8 Å². The molecular weight excluding hydrogens is 267 g/mol. The van der Waals surface area contributed by atoms with E-state index in [4.69, 9.17) is 4.74 Å². The molecule has 1 aromatic carbocycles. The topological polar surface area (TPSA) is 21.3 Å². The summed E-state index contributed by atoms with van der Waals surface area (Å²) in [7, 11) is 0. The molecule has 0 radical (unpaired) electrons. The van der Waals surface area contributed by atoms with Gasteiger partial charge in [0.25, 0.3) is 0 Å². The molecule has 3 rings (SSSR count). The van der Waals surface area contributed by atoms with E-state index in [0.717, 1.165) is 12.5 Å². The first kappa shape index (κ1) is 13.9. The molecule has 1 heterocycles. The zero-order valence-corrected chi connectivity index (χ0v) is 11.1. The Balaban J connectivity index is 1.66. The van der Waals surface area contributed by atoms with Crippen molar-refractivity contribution in [2.75, 3.05) is 6.61 Å². The van der Waals surface area contributed by atoms with E-state index in [0.29, 0.717) is 18.1 Å². The van der Waals surface area contributed by atoms with E-state index in [-0.39, 0.29) is 18.7 Å². The van der Waals surface area contributed by atoms with Crippen molar-refractivity contribution in [2.45, 2.75) is 44.1 Å². The highest BCUT2D eigenvalue weighted by molar-refractivity contribution is 5.29. The lowest BCUT2D eigenvalue weighted by atomic mass is 10.0. The Labute approximate surface area is 116 Å². The summed E-state index contributed by atoms with van der Waals surface area (Å²) < 4.78 is 44.4. The van der Waals surface area contributed by atoms with Crippen molar-refractivity contribution in [1.82, 2.24) is 5.32 Å². The summed E-state index contributed by atoms with van der Waals surface area (Å²) in [4.78, 5) is 0. The standard InChI is InChI=1S/C15H18F3NO/c16-15(17,18)12-4-2-1-3-11(12)9-19-13-7-8-20-14(13)10-5-6-10/h1-4,10,13-14,19H,5-9H2. The second kappa shape index (κ2) is 5.37. The highest BCUT2D eigenvalue weighted by atomic mass is 19.4. The molecule has 0 aromatic heterocycles. The third-order valence-corrected chi connectivity index (χ3v) is 4.10. The average molecular weight is 285 g/mol. The molecule has 110 valence electrons. The molecule has 0 bridgehead atoms. The number of ether oxygens (including phenoxy) is 1. The maximum absolute atomic E-state index is 12.9. The largest absolute Gasteiger partial charge is 0.416 e. The fourth-order valence-corrected chi connectivity index (χ4v) is 2.91. The second-order valence-corrected chi connectivity index (χ2v) is 5.60. The molecule has 2 unspecified atom stereocenters. The lowest BCUT2D eigenvalue weighted by Gasteiger charge is -2.21. The number of alkyl halides is 3. The molecule has 5 heteroatoms. The van der Waals surface area contributed by atoms with E-state index in [2.05, 4.69) is 5.32 Å². The fraction of sp³-hybridized carbons (Fsp3) is 0.600. The Bertz CT molecular complexity index is 470. The van der Waals surface area contributed by atoms with Gasteiger partial charge >= 0.3 is 6.18 Å². The summed E-state index contributed by atoms with van der Waals surface area (Å²) in [5, 5.41) is 3.26. The minimum absolute atomic E-state index is 0.184. The van der Waals surface area contributed by atoms with Crippen LogP contribution in [-0.2, 0) is 17.5 Å². The Morgan fingerprint density at radius 2 is 1.90 bits per heavy atom. The van der Waals surface area contributed by atoms with Crippen molar-refractivity contribution < 1.29 is 17.9 Å². The van der Waals surface area contributed by atoms with Crippen LogP contribution in [0.3, 0.4) is 0 Å². The van der Waals surface area contributed by atoms with Gasteiger partial charge in [-0.15, -0.1) is 0 Å². The molecule has 1 aliphatic heterocycles. The molecule has 2 aliphatic rings. The summed E-state index contributed by atoms with van der Waals surface area (Å²) in [6.45, 7) is 0.951. The molecule has 1 aromatic rings. The summed E-state index contributed by atoms with van der Waals surface area (Å²) >= 11 is 0. The molecule has 1 N–H and O–H groups in total. The molecule has 20 heavy (non-hydrogen) atoms. The van der Waals surface area contributed by atoms with E-state index in [1.54, 1.807) is 6.07 Å². The minimum atomic E-state index is -4.29. The van der Waals surface area contributed by atoms with Gasteiger partial charge in [0.2, 0.25) is 0 Å². The molecule has 0 amide bonds. The van der Waals surface area contributed by atoms with Gasteiger partial charge in [-0.25, -0.2) is 0 Å². The van der Waals surface area contributed by atoms with Crippen LogP contribution in [0.15, 0.2) is 24.3 Å². The van der Waals surface area contributed by atoms with Crippen molar-refractivity contribution in [3.63, 3.8) is 0 Å². The van der Waals surface area contributed by atoms with Crippen LogP contribution >= 0.6 is 0 Å². The number of nitrogens with one attached hydrogen (secondary N) is 1. The summed E-state index contributed by atoms with van der Waals surface area (Å²) in [5.74, 6) is 0.604. The summed E-state index contributed by atoms with van der Waals surface area (Å²) in [6, 6.07) is 5.94. The molecule has 0 spiro atoms. The van der Waals surface area contributed by atoms with Crippen LogP contribution in [0.2, 0.25) is 0 Å². The monoisotopic (exact) mass is 285 g/mol. The lowest BCUT2D eigenvalue weighted by Crippen LogP contribution is -2.37. The number of benzene rings is 1. The van der Waals surface area contributed by atoms with Crippen LogP contribution in [0, 0.1) is 5.92 Å². The number of hydrogen-bond acceptors (Lipinski definition) is 2. The Morgan fingerprint density at radius 1 is 1.15 bits per heavy atom. The average Bonchev–Trinajstić information content (AvgIpc) is 3.15. The summed E-state index contributed by atoms with van der Waals surface area (Å²) in [5.41, 5.74) is -0.240. The van der Waals surface area contributed by atoms with Crippen molar-refractivity contribution in [3.8, 4) is 0 Å². The van der Waals surface area contributed by atoms with Gasteiger partial charge in [-0.05, 0) is 36.8 Å². The van der Waals surface area contributed by atoms with Gasteiger partial charge in [-0.3, -0.25) is 0 Å². The van der Waals surface area contributed by atoms with E-state index in [1.165, 1.54) is 25.0 Å². The van der Waals surface area contributed by atoms with Crippen molar-refractivity contribution in [3.05, 3.63) is 35.4 Å². The van der Waals surface area contributed by atoms with Gasteiger partial charge in [0.05, 0.1) is 11.7 Å². The van der Waals surface area contributed by atoms with Crippen LogP contribution in [0.25, 0.3) is 0 Å². The normalized spacial score (nSPS) is 26.9. The maximum atomic E-state index is 12.9. The van der Waals surface area contributed by atoms with E-state index >= 15 is 0 Å². The smallest absolute Gasteiger partial charge is 0.376 e.